The van der Waals surface area contributed by atoms with Crippen molar-refractivity contribution in [3.8, 4) is 11.3 Å². The highest BCUT2D eigenvalue weighted by Gasteiger charge is 2.59. The number of imide groups is 1. The van der Waals surface area contributed by atoms with Crippen LogP contribution < -0.4 is 4.90 Å². The summed E-state index contributed by atoms with van der Waals surface area (Å²) in [5, 5.41) is 0.870. The van der Waals surface area contributed by atoms with Crippen LogP contribution in [-0.2, 0) is 14.3 Å². The maximum Gasteiger partial charge on any atom is 0.339 e. The number of ether oxygens (including phenoxy) is 1. The standard InChI is InChI=1S/C36H26BrCl2FN2O5/c1-17-31(39)26(37)15-24-25(36(46)47-28(12-13-38)33(43)19-4-8-22(40)9-5-19)16-27(41-32(17)24)18-6-10-23(11-7-18)42-34(44)29-20-2-3-21(14-20)30(29)35(42)45/h2-11,15-16,20-21,28-30H,12-14H2,1H3. The van der Waals surface area contributed by atoms with Gasteiger partial charge in [-0.25, -0.2) is 14.2 Å². The zero-order chi connectivity index (χ0) is 33.1. The summed E-state index contributed by atoms with van der Waals surface area (Å²) in [6, 6.07) is 15.1. The van der Waals surface area contributed by atoms with E-state index in [0.29, 0.717) is 42.9 Å². The van der Waals surface area contributed by atoms with Gasteiger partial charge in [0.1, 0.15) is 5.82 Å². The summed E-state index contributed by atoms with van der Waals surface area (Å²) >= 11 is 16.0. The number of hydrogen-bond donors (Lipinski definition) is 0. The van der Waals surface area contributed by atoms with Gasteiger partial charge in [0.25, 0.3) is 0 Å². The van der Waals surface area contributed by atoms with Gasteiger partial charge in [-0.1, -0.05) is 35.9 Å². The molecular weight excluding hydrogens is 710 g/mol. The minimum atomic E-state index is -1.21. The predicted octanol–water partition coefficient (Wildman–Crippen LogP) is 8.11. The maximum atomic E-state index is 13.8. The van der Waals surface area contributed by atoms with Crippen molar-refractivity contribution in [2.24, 2.45) is 23.7 Å². The molecule has 2 aliphatic carbocycles. The van der Waals surface area contributed by atoms with Crippen LogP contribution in [0.15, 0.2) is 77.3 Å². The maximum absolute atomic E-state index is 13.8. The van der Waals surface area contributed by atoms with Crippen molar-refractivity contribution < 1.29 is 28.3 Å². The van der Waals surface area contributed by atoms with E-state index < -0.39 is 23.7 Å². The smallest absolute Gasteiger partial charge is 0.339 e. The molecule has 238 valence electrons. The van der Waals surface area contributed by atoms with Crippen molar-refractivity contribution in [3.05, 3.63) is 105 Å². The van der Waals surface area contributed by atoms with Gasteiger partial charge in [-0.15, -0.1) is 11.6 Å². The van der Waals surface area contributed by atoms with Crippen molar-refractivity contribution in [2.45, 2.75) is 25.9 Å². The van der Waals surface area contributed by atoms with Crippen LogP contribution in [0.5, 0.6) is 0 Å². The second-order valence-corrected chi connectivity index (χ2v) is 13.7. The molecule has 2 fully saturated rings. The van der Waals surface area contributed by atoms with E-state index in [4.69, 9.17) is 32.9 Å². The molecule has 5 unspecified atom stereocenters. The van der Waals surface area contributed by atoms with Crippen LogP contribution in [0.25, 0.3) is 22.2 Å². The zero-order valence-corrected chi connectivity index (χ0v) is 28.0. The summed E-state index contributed by atoms with van der Waals surface area (Å²) in [6.45, 7) is 1.78. The van der Waals surface area contributed by atoms with E-state index in [1.165, 1.54) is 17.0 Å². The number of hydrogen-bond acceptors (Lipinski definition) is 6. The number of rotatable bonds is 8. The van der Waals surface area contributed by atoms with E-state index in [9.17, 15) is 23.6 Å². The van der Waals surface area contributed by atoms with Gasteiger partial charge in [0.05, 0.1) is 39.3 Å². The van der Waals surface area contributed by atoms with Crippen molar-refractivity contribution in [1.82, 2.24) is 4.98 Å². The molecule has 1 saturated heterocycles. The highest BCUT2D eigenvalue weighted by Crippen LogP contribution is 2.53. The van der Waals surface area contributed by atoms with Gasteiger partial charge in [-0.2, -0.15) is 0 Å². The number of anilines is 1. The van der Waals surface area contributed by atoms with Gasteiger partial charge in [0, 0.05) is 33.3 Å². The molecule has 2 amide bonds. The topological polar surface area (TPSA) is 93.6 Å². The summed E-state index contributed by atoms with van der Waals surface area (Å²) in [4.78, 5) is 59.9. The highest BCUT2D eigenvalue weighted by atomic mass is 79.9. The van der Waals surface area contributed by atoms with Crippen LogP contribution in [0, 0.1) is 36.4 Å². The van der Waals surface area contributed by atoms with E-state index in [1.807, 2.05) is 0 Å². The van der Waals surface area contributed by atoms with Crippen LogP contribution in [0.3, 0.4) is 0 Å². The first-order valence-electron chi connectivity index (χ1n) is 15.1. The first kappa shape index (κ1) is 31.7. The highest BCUT2D eigenvalue weighted by molar-refractivity contribution is 9.10. The number of fused-ring (bicyclic) bond motifs is 6. The molecule has 47 heavy (non-hydrogen) atoms. The molecular formula is C36H26BrCl2FN2O5. The number of carbonyl (C=O) groups is 4. The average Bonchev–Trinajstić information content (AvgIpc) is 3.76. The number of allylic oxidation sites excluding steroid dienone is 2. The lowest BCUT2D eigenvalue weighted by Gasteiger charge is -2.19. The van der Waals surface area contributed by atoms with Crippen molar-refractivity contribution >= 4 is 79.3 Å². The molecule has 0 radical (unpaired) electrons. The summed E-state index contributed by atoms with van der Waals surface area (Å²) in [7, 11) is 0. The van der Waals surface area contributed by atoms with Crippen LogP contribution in [0.1, 0.15) is 39.1 Å². The van der Waals surface area contributed by atoms with E-state index in [-0.39, 0.29) is 58.9 Å². The lowest BCUT2D eigenvalue weighted by atomic mass is 9.85. The first-order chi connectivity index (χ1) is 22.6. The number of ketones is 1. The summed E-state index contributed by atoms with van der Waals surface area (Å²) in [5.74, 6) is -2.49. The molecule has 2 heterocycles. The Hall–Kier alpha value is -3.92. The summed E-state index contributed by atoms with van der Waals surface area (Å²) < 4.78 is 19.8. The minimum absolute atomic E-state index is 0.0428. The Balaban J connectivity index is 1.23. The third-order valence-electron chi connectivity index (χ3n) is 9.38. The molecule has 1 aromatic heterocycles. The molecule has 7 rings (SSSR count). The lowest BCUT2D eigenvalue weighted by Crippen LogP contribution is -2.32. The molecule has 1 saturated carbocycles. The Kier molecular flexibility index (Phi) is 8.27. The van der Waals surface area contributed by atoms with E-state index in [1.54, 1.807) is 43.3 Å². The molecule has 7 nitrogen and oxygen atoms in total. The van der Waals surface area contributed by atoms with Gasteiger partial charge in [0.2, 0.25) is 17.6 Å². The van der Waals surface area contributed by atoms with E-state index in [2.05, 4.69) is 28.1 Å². The number of halogens is 4. The summed E-state index contributed by atoms with van der Waals surface area (Å²) in [6.07, 6.45) is 3.80. The van der Waals surface area contributed by atoms with Gasteiger partial charge in [-0.3, -0.25) is 19.3 Å². The fraction of sp³-hybridized carbons (Fsp3) is 0.250. The second-order valence-electron chi connectivity index (χ2n) is 12.0. The second kappa shape index (κ2) is 12.3. The number of amides is 2. The molecule has 3 aliphatic rings. The molecule has 11 heteroatoms. The third kappa shape index (κ3) is 5.38. The van der Waals surface area contributed by atoms with Gasteiger partial charge >= 0.3 is 5.97 Å². The number of alkyl halides is 1. The Morgan fingerprint density at radius 2 is 1.66 bits per heavy atom. The monoisotopic (exact) mass is 734 g/mol. The molecule has 0 spiro atoms. The van der Waals surface area contributed by atoms with Crippen molar-refractivity contribution in [3.63, 3.8) is 0 Å². The average molecular weight is 736 g/mol. The normalized spacial score (nSPS) is 21.9. The lowest BCUT2D eigenvalue weighted by molar-refractivity contribution is -0.123. The molecule has 3 aromatic carbocycles. The molecule has 1 aliphatic heterocycles. The van der Waals surface area contributed by atoms with Crippen LogP contribution >= 0.6 is 39.1 Å². The number of pyridine rings is 1. The predicted molar refractivity (Wildman–Crippen MR) is 180 cm³/mol. The van der Waals surface area contributed by atoms with Gasteiger partial charge in [0.15, 0.2) is 6.10 Å². The van der Waals surface area contributed by atoms with Crippen LogP contribution in [-0.4, -0.2) is 40.5 Å². The SMILES string of the molecule is Cc1c(Cl)c(Br)cc2c(C(=O)OC(CCCl)C(=O)c3ccc(F)cc3)cc(-c3ccc(N4C(=O)C5C6C=CC(C6)C5C4=O)cc3)nc12. The largest absolute Gasteiger partial charge is 0.450 e. The molecule has 4 aromatic rings. The fourth-order valence-corrected chi connectivity index (χ4v) is 7.92. The number of aryl methyl sites for hydroxylation is 1. The number of benzene rings is 3. The number of aromatic nitrogens is 1. The molecule has 2 bridgehead atoms. The van der Waals surface area contributed by atoms with Gasteiger partial charge < -0.3 is 4.74 Å². The first-order valence-corrected chi connectivity index (χ1v) is 16.8. The van der Waals surface area contributed by atoms with Crippen molar-refractivity contribution in [2.75, 3.05) is 10.8 Å². The van der Waals surface area contributed by atoms with Crippen LogP contribution in [0.4, 0.5) is 10.1 Å². The Morgan fingerprint density at radius 1 is 1.02 bits per heavy atom. The molecule has 5 atom stereocenters. The van der Waals surface area contributed by atoms with E-state index >= 15 is 0 Å². The Labute approximate surface area is 287 Å². The summed E-state index contributed by atoms with van der Waals surface area (Å²) in [5.41, 5.74) is 2.89. The number of Topliss-reactive ketones (excluding diaryl/α,β-unsaturated/α-hetero) is 1. The van der Waals surface area contributed by atoms with Crippen LogP contribution in [0.2, 0.25) is 5.02 Å². The number of carbonyl (C=O) groups excluding carboxylic acids is 4. The Morgan fingerprint density at radius 3 is 2.28 bits per heavy atom. The van der Waals surface area contributed by atoms with Gasteiger partial charge in [-0.05, 0) is 95.2 Å². The third-order valence-corrected chi connectivity index (χ3v) is 10.9. The minimum Gasteiger partial charge on any atom is -0.450 e. The number of nitrogens with zero attached hydrogens (tertiary/aromatic N) is 2. The Bertz CT molecular complexity index is 1990. The number of esters is 1. The quantitative estimate of drug-likeness (QED) is 0.0597. The fourth-order valence-electron chi connectivity index (χ4n) is 7.05. The zero-order valence-electron chi connectivity index (χ0n) is 24.9. The van der Waals surface area contributed by atoms with E-state index in [0.717, 1.165) is 18.6 Å². The van der Waals surface area contributed by atoms with Crippen molar-refractivity contribution in [1.29, 1.82) is 0 Å². The molecule has 0 N–H and O–H groups in total.